The van der Waals surface area contributed by atoms with Crippen molar-refractivity contribution in [1.29, 1.82) is 0 Å². The van der Waals surface area contributed by atoms with E-state index in [1.807, 2.05) is 12.1 Å². The molecule has 3 rings (SSSR count). The maximum absolute atomic E-state index is 6.58. The molecule has 0 fully saturated rings. The van der Waals surface area contributed by atoms with Gasteiger partial charge < -0.3 is 10.5 Å². The van der Waals surface area contributed by atoms with Crippen molar-refractivity contribution in [2.75, 3.05) is 6.54 Å². The Labute approximate surface area is 153 Å². The first kappa shape index (κ1) is 17.6. The molecule has 1 atom stereocenters. The number of hydrogen-bond acceptors (Lipinski definition) is 2. The van der Waals surface area contributed by atoms with Crippen LogP contribution in [0.25, 0.3) is 11.1 Å². The van der Waals surface area contributed by atoms with E-state index in [4.69, 9.17) is 33.7 Å². The van der Waals surface area contributed by atoms with Gasteiger partial charge in [-0.3, -0.25) is 0 Å². The summed E-state index contributed by atoms with van der Waals surface area (Å²) >= 11 is 13.0. The Morgan fingerprint density at radius 2 is 1.88 bits per heavy atom. The van der Waals surface area contributed by atoms with Crippen molar-refractivity contribution in [3.8, 4) is 16.9 Å². The number of halogens is 2. The lowest BCUT2D eigenvalue weighted by molar-refractivity contribution is 0.242. The Morgan fingerprint density at radius 1 is 1.08 bits per heavy atom. The van der Waals surface area contributed by atoms with Gasteiger partial charge in [-0.25, -0.2) is 0 Å². The molecule has 24 heavy (non-hydrogen) atoms. The average Bonchev–Trinajstić information content (AvgIpc) is 2.99. The number of benzene rings is 2. The Kier molecular flexibility index (Phi) is 5.39. The molecule has 2 aromatic rings. The predicted octanol–water partition coefficient (Wildman–Crippen LogP) is 5.44. The molecule has 1 aliphatic heterocycles. The van der Waals surface area contributed by atoms with E-state index in [-0.39, 0.29) is 6.10 Å². The number of hydrogen-bond donors (Lipinski definition) is 1. The van der Waals surface area contributed by atoms with E-state index in [0.717, 1.165) is 53.1 Å². The van der Waals surface area contributed by atoms with Gasteiger partial charge >= 0.3 is 0 Å². The molecule has 0 saturated carbocycles. The number of nitrogens with two attached hydrogens (primary N) is 1. The largest absolute Gasteiger partial charge is 0.488 e. The molecule has 128 valence electrons. The molecule has 0 amide bonds. The van der Waals surface area contributed by atoms with E-state index in [1.54, 1.807) is 0 Å². The predicted molar refractivity (Wildman–Crippen MR) is 102 cm³/mol. The van der Waals surface area contributed by atoms with Gasteiger partial charge in [0.05, 0.1) is 0 Å². The zero-order valence-corrected chi connectivity index (χ0v) is 15.7. The maximum Gasteiger partial charge on any atom is 0.131 e. The quantitative estimate of drug-likeness (QED) is 0.767. The van der Waals surface area contributed by atoms with Gasteiger partial charge in [0, 0.05) is 34.1 Å². The molecule has 1 heterocycles. The molecule has 0 aliphatic carbocycles. The van der Waals surface area contributed by atoms with Crippen LogP contribution in [0.5, 0.6) is 5.75 Å². The summed E-state index contributed by atoms with van der Waals surface area (Å²) in [6.45, 7) is 4.78. The second-order valence-electron chi connectivity index (χ2n) is 6.34. The summed E-state index contributed by atoms with van der Waals surface area (Å²) in [6.07, 6.45) is 3.89. The Morgan fingerprint density at radius 3 is 2.54 bits per heavy atom. The molecule has 2 nitrogen and oxygen atoms in total. The van der Waals surface area contributed by atoms with Crippen LogP contribution in [0.3, 0.4) is 0 Å². The second kappa shape index (κ2) is 7.35. The SMILES string of the molecule is CCCc1cc2c(c(-c3cc(Cl)c(CC)cc3Cl)c1)OC(CN)C2. The van der Waals surface area contributed by atoms with Crippen LogP contribution < -0.4 is 10.5 Å². The highest BCUT2D eigenvalue weighted by Crippen LogP contribution is 2.43. The molecule has 0 aromatic heterocycles. The first-order valence-corrected chi connectivity index (χ1v) is 9.33. The molecule has 2 aromatic carbocycles. The highest BCUT2D eigenvalue weighted by atomic mass is 35.5. The standard InChI is InChI=1S/C20H23Cl2NO/c1-3-5-12-6-14-8-15(11-23)24-20(14)17(7-12)16-10-18(21)13(4-2)9-19(16)22/h6-7,9-10,15H,3-5,8,11,23H2,1-2H3. The average molecular weight is 364 g/mol. The van der Waals surface area contributed by atoms with Gasteiger partial charge in [0.2, 0.25) is 0 Å². The van der Waals surface area contributed by atoms with Crippen molar-refractivity contribution >= 4 is 23.2 Å². The van der Waals surface area contributed by atoms with E-state index in [2.05, 4.69) is 26.0 Å². The van der Waals surface area contributed by atoms with Crippen molar-refractivity contribution in [1.82, 2.24) is 0 Å². The maximum atomic E-state index is 6.58. The van der Waals surface area contributed by atoms with Gasteiger partial charge in [-0.15, -0.1) is 0 Å². The molecule has 1 aliphatic rings. The van der Waals surface area contributed by atoms with Crippen molar-refractivity contribution < 1.29 is 4.74 Å². The summed E-state index contributed by atoms with van der Waals surface area (Å²) in [4.78, 5) is 0. The van der Waals surface area contributed by atoms with Crippen molar-refractivity contribution in [3.63, 3.8) is 0 Å². The van der Waals surface area contributed by atoms with Gasteiger partial charge in [0.25, 0.3) is 0 Å². The minimum absolute atomic E-state index is 0.0415. The summed E-state index contributed by atoms with van der Waals surface area (Å²) in [5.41, 5.74) is 11.4. The third kappa shape index (κ3) is 3.28. The normalized spacial score (nSPS) is 16.1. The molecule has 1 unspecified atom stereocenters. The lowest BCUT2D eigenvalue weighted by Crippen LogP contribution is -2.24. The molecule has 0 bridgehead atoms. The van der Waals surface area contributed by atoms with Gasteiger partial charge in [0.15, 0.2) is 0 Å². The van der Waals surface area contributed by atoms with Crippen LogP contribution >= 0.6 is 23.2 Å². The third-order valence-corrected chi connectivity index (χ3v) is 5.23. The van der Waals surface area contributed by atoms with Crippen molar-refractivity contribution in [2.45, 2.75) is 45.6 Å². The summed E-state index contributed by atoms with van der Waals surface area (Å²) < 4.78 is 6.10. The smallest absolute Gasteiger partial charge is 0.131 e. The van der Waals surface area contributed by atoms with E-state index < -0.39 is 0 Å². The highest BCUT2D eigenvalue weighted by molar-refractivity contribution is 6.36. The van der Waals surface area contributed by atoms with Crippen LogP contribution in [0.4, 0.5) is 0 Å². The molecule has 2 N–H and O–H groups in total. The second-order valence-corrected chi connectivity index (χ2v) is 7.15. The summed E-state index contributed by atoms with van der Waals surface area (Å²) in [5.74, 6) is 0.910. The molecular weight excluding hydrogens is 341 g/mol. The number of aryl methyl sites for hydroxylation is 2. The van der Waals surface area contributed by atoms with Crippen LogP contribution in [0, 0.1) is 0 Å². The minimum atomic E-state index is 0.0415. The molecular formula is C20H23Cl2NO. The Balaban J connectivity index is 2.16. The molecule has 0 saturated heterocycles. The molecule has 0 radical (unpaired) electrons. The van der Waals surface area contributed by atoms with E-state index >= 15 is 0 Å². The molecule has 4 heteroatoms. The van der Waals surface area contributed by atoms with E-state index in [1.165, 1.54) is 11.1 Å². The van der Waals surface area contributed by atoms with Crippen LogP contribution in [0.2, 0.25) is 10.0 Å². The fourth-order valence-electron chi connectivity index (χ4n) is 3.33. The lowest BCUT2D eigenvalue weighted by atomic mass is 9.95. The van der Waals surface area contributed by atoms with Crippen LogP contribution in [-0.4, -0.2) is 12.6 Å². The van der Waals surface area contributed by atoms with E-state index in [9.17, 15) is 0 Å². The topological polar surface area (TPSA) is 35.2 Å². The monoisotopic (exact) mass is 363 g/mol. The fourth-order valence-corrected chi connectivity index (χ4v) is 3.91. The Hall–Kier alpha value is -1.22. The first-order valence-electron chi connectivity index (χ1n) is 8.58. The van der Waals surface area contributed by atoms with Crippen molar-refractivity contribution in [2.24, 2.45) is 5.73 Å². The minimum Gasteiger partial charge on any atom is -0.488 e. The Bertz CT molecular complexity index is 758. The zero-order valence-electron chi connectivity index (χ0n) is 14.2. The third-order valence-electron chi connectivity index (χ3n) is 4.57. The van der Waals surface area contributed by atoms with Crippen molar-refractivity contribution in [3.05, 3.63) is 51.0 Å². The van der Waals surface area contributed by atoms with E-state index in [0.29, 0.717) is 11.6 Å². The number of rotatable bonds is 5. The first-order chi connectivity index (χ1) is 11.6. The fraction of sp³-hybridized carbons (Fsp3) is 0.400. The summed E-state index contributed by atoms with van der Waals surface area (Å²) in [7, 11) is 0. The number of ether oxygens (including phenoxy) is 1. The van der Waals surface area contributed by atoms with Crippen LogP contribution in [0.15, 0.2) is 24.3 Å². The van der Waals surface area contributed by atoms with Gasteiger partial charge in [-0.2, -0.15) is 0 Å². The van der Waals surface area contributed by atoms with Crippen LogP contribution in [-0.2, 0) is 19.3 Å². The molecule has 0 spiro atoms. The van der Waals surface area contributed by atoms with Crippen LogP contribution in [0.1, 0.15) is 37.0 Å². The summed E-state index contributed by atoms with van der Waals surface area (Å²) in [5, 5.41) is 1.46. The highest BCUT2D eigenvalue weighted by Gasteiger charge is 2.26. The summed E-state index contributed by atoms with van der Waals surface area (Å²) in [6, 6.07) is 8.36. The van der Waals surface area contributed by atoms with Gasteiger partial charge in [0.1, 0.15) is 11.9 Å². The van der Waals surface area contributed by atoms with Gasteiger partial charge in [-0.05, 0) is 47.7 Å². The van der Waals surface area contributed by atoms with Gasteiger partial charge in [-0.1, -0.05) is 49.5 Å². The number of fused-ring (bicyclic) bond motifs is 1. The zero-order chi connectivity index (χ0) is 17.3. The lowest BCUT2D eigenvalue weighted by Gasteiger charge is -2.15.